The first-order valence-electron chi connectivity index (χ1n) is 6.10. The molecule has 0 aromatic carbocycles. The van der Waals surface area contributed by atoms with Gasteiger partial charge < -0.3 is 0 Å². The van der Waals surface area contributed by atoms with Gasteiger partial charge in [-0.3, -0.25) is 14.6 Å². The van der Waals surface area contributed by atoms with Gasteiger partial charge in [0.05, 0.1) is 17.3 Å². The number of hydrogen-bond donors (Lipinski definition) is 0. The molecule has 1 saturated heterocycles. The summed E-state index contributed by atoms with van der Waals surface area (Å²) in [5, 5.41) is 0. The molecule has 1 aromatic heterocycles. The summed E-state index contributed by atoms with van der Waals surface area (Å²) in [6, 6.07) is 1.76. The van der Waals surface area contributed by atoms with Crippen molar-refractivity contribution in [2.24, 2.45) is 5.41 Å². The second-order valence-electron chi connectivity index (χ2n) is 5.06. The molecule has 2 fully saturated rings. The van der Waals surface area contributed by atoms with Crippen molar-refractivity contribution in [3.63, 3.8) is 0 Å². The fraction of sp³-hybridized carbons (Fsp3) is 0.462. The van der Waals surface area contributed by atoms with Crippen molar-refractivity contribution >= 4 is 33.4 Å². The van der Waals surface area contributed by atoms with Crippen LogP contribution in [0.2, 0.25) is 0 Å². The molecule has 18 heavy (non-hydrogen) atoms. The fourth-order valence-corrected chi connectivity index (χ4v) is 3.37. The highest BCUT2D eigenvalue weighted by Crippen LogP contribution is 2.47. The average molecular weight is 309 g/mol. The van der Waals surface area contributed by atoms with Crippen molar-refractivity contribution in [1.82, 2.24) is 4.98 Å². The first kappa shape index (κ1) is 11.8. The molecule has 4 nitrogen and oxygen atoms in total. The number of pyridine rings is 1. The predicted octanol–water partition coefficient (Wildman–Crippen LogP) is 2.67. The lowest BCUT2D eigenvalue weighted by Crippen LogP contribution is -2.34. The van der Waals surface area contributed by atoms with Gasteiger partial charge in [-0.05, 0) is 34.8 Å². The van der Waals surface area contributed by atoms with E-state index in [1.165, 1.54) is 4.90 Å². The molecule has 3 rings (SSSR count). The van der Waals surface area contributed by atoms with Crippen molar-refractivity contribution in [3.05, 3.63) is 22.9 Å². The number of hydrogen-bond acceptors (Lipinski definition) is 3. The van der Waals surface area contributed by atoms with Crippen molar-refractivity contribution < 1.29 is 9.59 Å². The SMILES string of the molecule is O=C1CC2(CCCC2)C(=O)N1c1cncc(Br)c1. The average Bonchev–Trinajstić information content (AvgIpc) is 2.87. The highest BCUT2D eigenvalue weighted by atomic mass is 79.9. The minimum Gasteiger partial charge on any atom is -0.274 e. The molecule has 94 valence electrons. The number of carbonyl (C=O) groups is 2. The molecule has 0 unspecified atom stereocenters. The number of anilines is 1. The van der Waals surface area contributed by atoms with Gasteiger partial charge in [0.1, 0.15) is 0 Å². The number of carbonyl (C=O) groups excluding carboxylic acids is 2. The van der Waals surface area contributed by atoms with Crippen molar-refractivity contribution in [3.8, 4) is 0 Å². The normalized spacial score (nSPS) is 22.2. The summed E-state index contributed by atoms with van der Waals surface area (Å²) in [5.74, 6) is -0.133. The number of rotatable bonds is 1. The summed E-state index contributed by atoms with van der Waals surface area (Å²) in [6.45, 7) is 0. The van der Waals surface area contributed by atoms with E-state index in [4.69, 9.17) is 0 Å². The number of halogens is 1. The number of nitrogens with zero attached hydrogens (tertiary/aromatic N) is 2. The summed E-state index contributed by atoms with van der Waals surface area (Å²) in [6.07, 6.45) is 7.34. The van der Waals surface area contributed by atoms with E-state index >= 15 is 0 Å². The molecule has 0 atom stereocenters. The molecule has 1 aliphatic heterocycles. The quantitative estimate of drug-likeness (QED) is 0.749. The van der Waals surface area contributed by atoms with Crippen LogP contribution in [-0.4, -0.2) is 16.8 Å². The lowest BCUT2D eigenvalue weighted by molar-refractivity contribution is -0.125. The van der Waals surface area contributed by atoms with E-state index in [1.807, 2.05) is 0 Å². The zero-order valence-electron chi connectivity index (χ0n) is 9.86. The monoisotopic (exact) mass is 308 g/mol. The lowest BCUT2D eigenvalue weighted by Gasteiger charge is -2.20. The topological polar surface area (TPSA) is 50.3 Å². The Hall–Kier alpha value is -1.23. The Labute approximate surface area is 114 Å². The van der Waals surface area contributed by atoms with Crippen LogP contribution in [0, 0.1) is 5.41 Å². The molecule has 5 heteroatoms. The lowest BCUT2D eigenvalue weighted by atomic mass is 9.84. The standard InChI is InChI=1S/C13H13BrN2O2/c14-9-5-10(8-15-7-9)16-11(17)6-13(12(16)18)3-1-2-4-13/h5,7-8H,1-4,6H2. The van der Waals surface area contributed by atoms with Crippen LogP contribution in [0.25, 0.3) is 0 Å². The van der Waals surface area contributed by atoms with Gasteiger partial charge in [-0.15, -0.1) is 0 Å². The minimum atomic E-state index is -0.417. The van der Waals surface area contributed by atoms with Crippen LogP contribution < -0.4 is 4.90 Å². The van der Waals surface area contributed by atoms with Gasteiger partial charge in [-0.25, -0.2) is 4.90 Å². The molecule has 2 heterocycles. The van der Waals surface area contributed by atoms with Gasteiger partial charge in [0.25, 0.3) is 0 Å². The van der Waals surface area contributed by atoms with Crippen LogP contribution in [0.3, 0.4) is 0 Å². The zero-order valence-corrected chi connectivity index (χ0v) is 11.4. The van der Waals surface area contributed by atoms with Gasteiger partial charge in [0.2, 0.25) is 11.8 Å². The summed E-state index contributed by atoms with van der Waals surface area (Å²) < 4.78 is 0.771. The van der Waals surface area contributed by atoms with Crippen molar-refractivity contribution in [2.75, 3.05) is 4.90 Å². The molecule has 0 radical (unpaired) electrons. The highest BCUT2D eigenvalue weighted by molar-refractivity contribution is 9.10. The molecule has 1 saturated carbocycles. The van der Waals surface area contributed by atoms with Gasteiger partial charge in [-0.2, -0.15) is 0 Å². The molecule has 0 N–H and O–H groups in total. The van der Waals surface area contributed by atoms with Crippen LogP contribution in [0.4, 0.5) is 5.69 Å². The molecule has 2 aliphatic rings. The zero-order chi connectivity index (χ0) is 12.8. The largest absolute Gasteiger partial charge is 0.274 e. The number of imide groups is 1. The number of amides is 2. The third-order valence-corrected chi connectivity index (χ3v) is 4.34. The maximum Gasteiger partial charge on any atom is 0.240 e. The number of aromatic nitrogens is 1. The molecule has 0 bridgehead atoms. The molecular formula is C13H13BrN2O2. The van der Waals surface area contributed by atoms with Crippen LogP contribution in [0.5, 0.6) is 0 Å². The van der Waals surface area contributed by atoms with Gasteiger partial charge in [-0.1, -0.05) is 12.8 Å². The fourth-order valence-electron chi connectivity index (χ4n) is 3.02. The Morgan fingerprint density at radius 1 is 1.22 bits per heavy atom. The highest BCUT2D eigenvalue weighted by Gasteiger charge is 2.53. The smallest absolute Gasteiger partial charge is 0.240 e. The van der Waals surface area contributed by atoms with Crippen molar-refractivity contribution in [2.45, 2.75) is 32.1 Å². The van der Waals surface area contributed by atoms with E-state index in [2.05, 4.69) is 20.9 Å². The summed E-state index contributed by atoms with van der Waals surface area (Å²) in [5.41, 5.74) is 0.155. The molecule has 1 spiro atoms. The molecule has 1 aliphatic carbocycles. The predicted molar refractivity (Wildman–Crippen MR) is 69.9 cm³/mol. The van der Waals surface area contributed by atoms with E-state index < -0.39 is 5.41 Å². The van der Waals surface area contributed by atoms with Crippen molar-refractivity contribution in [1.29, 1.82) is 0 Å². The van der Waals surface area contributed by atoms with Crippen LogP contribution in [-0.2, 0) is 9.59 Å². The molecule has 2 amide bonds. The van der Waals surface area contributed by atoms with Gasteiger partial charge >= 0.3 is 0 Å². The first-order chi connectivity index (χ1) is 8.62. The Morgan fingerprint density at radius 3 is 2.61 bits per heavy atom. The minimum absolute atomic E-state index is 0.0371. The molecular weight excluding hydrogens is 296 g/mol. The Bertz CT molecular complexity index is 523. The maximum atomic E-state index is 12.5. The van der Waals surface area contributed by atoms with E-state index in [0.717, 1.165) is 30.2 Å². The Kier molecular flexibility index (Phi) is 2.73. The maximum absolute atomic E-state index is 12.5. The van der Waals surface area contributed by atoms with Gasteiger partial charge in [0.15, 0.2) is 0 Å². The van der Waals surface area contributed by atoms with Crippen LogP contribution >= 0.6 is 15.9 Å². The summed E-state index contributed by atoms with van der Waals surface area (Å²) in [7, 11) is 0. The summed E-state index contributed by atoms with van der Waals surface area (Å²) >= 11 is 3.31. The third-order valence-electron chi connectivity index (χ3n) is 3.91. The van der Waals surface area contributed by atoms with E-state index in [-0.39, 0.29) is 11.8 Å². The second-order valence-corrected chi connectivity index (χ2v) is 5.98. The van der Waals surface area contributed by atoms with E-state index in [1.54, 1.807) is 18.5 Å². The third kappa shape index (κ3) is 1.68. The molecule has 1 aromatic rings. The second kappa shape index (κ2) is 4.16. The van der Waals surface area contributed by atoms with E-state index in [9.17, 15) is 9.59 Å². The first-order valence-corrected chi connectivity index (χ1v) is 6.90. The Balaban J connectivity index is 1.98. The summed E-state index contributed by atoms with van der Waals surface area (Å²) in [4.78, 5) is 30.0. The van der Waals surface area contributed by atoms with E-state index in [0.29, 0.717) is 12.1 Å². The van der Waals surface area contributed by atoms with Crippen LogP contribution in [0.15, 0.2) is 22.9 Å². The Morgan fingerprint density at radius 2 is 1.94 bits per heavy atom. The van der Waals surface area contributed by atoms with Gasteiger partial charge in [0, 0.05) is 17.1 Å². The van der Waals surface area contributed by atoms with Crippen LogP contribution in [0.1, 0.15) is 32.1 Å².